The van der Waals surface area contributed by atoms with Crippen LogP contribution in [-0.2, 0) is 13.0 Å². The van der Waals surface area contributed by atoms with Crippen LogP contribution in [0.1, 0.15) is 36.3 Å². The van der Waals surface area contributed by atoms with Crippen molar-refractivity contribution in [2.45, 2.75) is 39.3 Å². The first-order valence-corrected chi connectivity index (χ1v) is 7.00. The third-order valence-corrected chi connectivity index (χ3v) is 3.50. The molecule has 1 aromatic heterocycles. The molecular weight excluding hydrogens is 234 g/mol. The van der Waals surface area contributed by atoms with E-state index in [9.17, 15) is 0 Å². The van der Waals surface area contributed by atoms with Crippen LogP contribution in [0.25, 0.3) is 0 Å². The largest absolute Gasteiger partial charge is 0.312 e. The van der Waals surface area contributed by atoms with Gasteiger partial charge in [-0.2, -0.15) is 5.10 Å². The summed E-state index contributed by atoms with van der Waals surface area (Å²) in [6, 6.07) is 13.2. The van der Waals surface area contributed by atoms with Gasteiger partial charge in [-0.05, 0) is 45.4 Å². The summed E-state index contributed by atoms with van der Waals surface area (Å²) in [5, 5.41) is 7.95. The minimum absolute atomic E-state index is 0.362. The minimum atomic E-state index is 0.362. The predicted octanol–water partition coefficient (Wildman–Crippen LogP) is 3.10. The molecule has 1 heterocycles. The lowest BCUT2D eigenvalue weighted by Gasteiger charge is -2.17. The lowest BCUT2D eigenvalue weighted by Crippen LogP contribution is -2.20. The van der Waals surface area contributed by atoms with Gasteiger partial charge in [0.25, 0.3) is 0 Å². The molecule has 3 nitrogen and oxygen atoms in total. The minimum Gasteiger partial charge on any atom is -0.312 e. The first-order chi connectivity index (χ1) is 9.24. The molecule has 3 heteroatoms. The van der Waals surface area contributed by atoms with E-state index >= 15 is 0 Å². The number of rotatable bonds is 6. The van der Waals surface area contributed by atoms with Gasteiger partial charge in [0, 0.05) is 12.6 Å². The Balaban J connectivity index is 2.07. The van der Waals surface area contributed by atoms with Crippen molar-refractivity contribution in [3.05, 3.63) is 53.3 Å². The Labute approximate surface area is 115 Å². The number of nitrogens with one attached hydrogen (secondary N) is 1. The van der Waals surface area contributed by atoms with Crippen molar-refractivity contribution < 1.29 is 0 Å². The average molecular weight is 257 g/mol. The molecule has 1 N–H and O–H groups in total. The highest BCUT2D eigenvalue weighted by atomic mass is 15.3. The Bertz CT molecular complexity index is 502. The van der Waals surface area contributed by atoms with Crippen LogP contribution in [0.2, 0.25) is 0 Å². The molecule has 2 rings (SSSR count). The van der Waals surface area contributed by atoms with E-state index in [-0.39, 0.29) is 0 Å². The number of hydrogen-bond acceptors (Lipinski definition) is 2. The fourth-order valence-electron chi connectivity index (χ4n) is 2.50. The van der Waals surface area contributed by atoms with Crippen LogP contribution >= 0.6 is 0 Å². The second-order valence-corrected chi connectivity index (χ2v) is 4.89. The van der Waals surface area contributed by atoms with Crippen molar-refractivity contribution in [2.75, 3.05) is 7.05 Å². The molecule has 0 aliphatic heterocycles. The molecule has 0 fully saturated rings. The highest BCUT2D eigenvalue weighted by Crippen LogP contribution is 2.20. The van der Waals surface area contributed by atoms with Crippen LogP contribution in [0, 0.1) is 6.92 Å². The molecule has 2 aromatic rings. The maximum atomic E-state index is 4.53. The fourth-order valence-corrected chi connectivity index (χ4v) is 2.50. The van der Waals surface area contributed by atoms with E-state index in [0.29, 0.717) is 6.04 Å². The number of benzene rings is 1. The van der Waals surface area contributed by atoms with Crippen molar-refractivity contribution in [1.82, 2.24) is 15.1 Å². The third kappa shape index (κ3) is 3.44. The van der Waals surface area contributed by atoms with E-state index in [1.54, 1.807) is 0 Å². The molecule has 1 atom stereocenters. The molecule has 0 aliphatic carbocycles. The van der Waals surface area contributed by atoms with Gasteiger partial charge in [-0.25, -0.2) is 0 Å². The lowest BCUT2D eigenvalue weighted by atomic mass is 10.0. The van der Waals surface area contributed by atoms with E-state index < -0.39 is 0 Å². The van der Waals surface area contributed by atoms with Crippen molar-refractivity contribution in [1.29, 1.82) is 0 Å². The van der Waals surface area contributed by atoms with E-state index in [1.165, 1.54) is 11.3 Å². The average Bonchev–Trinajstić information content (AvgIpc) is 2.82. The summed E-state index contributed by atoms with van der Waals surface area (Å²) in [5.41, 5.74) is 3.78. The van der Waals surface area contributed by atoms with Crippen molar-refractivity contribution in [2.24, 2.45) is 0 Å². The standard InChI is InChI=1S/C16H23N3/c1-4-19-16(12-13(2)18-19)15(17-3)11-10-14-8-6-5-7-9-14/h5-9,12,15,17H,4,10-11H2,1-3H3. The number of nitrogens with zero attached hydrogens (tertiary/aromatic N) is 2. The zero-order chi connectivity index (χ0) is 13.7. The molecule has 0 radical (unpaired) electrons. The Morgan fingerprint density at radius 3 is 2.63 bits per heavy atom. The van der Waals surface area contributed by atoms with Gasteiger partial charge in [-0.15, -0.1) is 0 Å². The molecule has 1 aromatic carbocycles. The van der Waals surface area contributed by atoms with Gasteiger partial charge < -0.3 is 5.32 Å². The summed E-state index contributed by atoms with van der Waals surface area (Å²) < 4.78 is 2.10. The van der Waals surface area contributed by atoms with E-state index in [1.807, 2.05) is 7.05 Å². The van der Waals surface area contributed by atoms with Crippen LogP contribution in [0.3, 0.4) is 0 Å². The van der Waals surface area contributed by atoms with Crippen molar-refractivity contribution >= 4 is 0 Å². The van der Waals surface area contributed by atoms with Crippen LogP contribution in [0.4, 0.5) is 0 Å². The smallest absolute Gasteiger partial charge is 0.0597 e. The summed E-state index contributed by atoms with van der Waals surface area (Å²) in [5.74, 6) is 0. The van der Waals surface area contributed by atoms with Crippen LogP contribution in [-0.4, -0.2) is 16.8 Å². The maximum absolute atomic E-state index is 4.53. The highest BCUT2D eigenvalue weighted by Gasteiger charge is 2.15. The Morgan fingerprint density at radius 2 is 2.00 bits per heavy atom. The van der Waals surface area contributed by atoms with Crippen molar-refractivity contribution in [3.63, 3.8) is 0 Å². The summed E-state index contributed by atoms with van der Waals surface area (Å²) in [6.45, 7) is 5.12. The van der Waals surface area contributed by atoms with Gasteiger partial charge in [-0.3, -0.25) is 4.68 Å². The van der Waals surface area contributed by atoms with Gasteiger partial charge >= 0.3 is 0 Å². The van der Waals surface area contributed by atoms with E-state index in [0.717, 1.165) is 25.1 Å². The molecule has 0 saturated heterocycles. The molecular formula is C16H23N3. The summed E-state index contributed by atoms with van der Waals surface area (Å²) in [6.07, 6.45) is 2.17. The molecule has 1 unspecified atom stereocenters. The molecule has 0 bridgehead atoms. The zero-order valence-corrected chi connectivity index (χ0v) is 12.1. The first-order valence-electron chi connectivity index (χ1n) is 7.00. The third-order valence-electron chi connectivity index (χ3n) is 3.50. The number of hydrogen-bond donors (Lipinski definition) is 1. The number of aryl methyl sites for hydroxylation is 3. The Hall–Kier alpha value is -1.61. The van der Waals surface area contributed by atoms with Gasteiger partial charge in [0.1, 0.15) is 0 Å². The van der Waals surface area contributed by atoms with Gasteiger partial charge in [0.15, 0.2) is 0 Å². The molecule has 0 aliphatic rings. The SMILES string of the molecule is CCn1nc(C)cc1C(CCc1ccccc1)NC. The molecule has 0 amide bonds. The van der Waals surface area contributed by atoms with Crippen molar-refractivity contribution in [3.8, 4) is 0 Å². The quantitative estimate of drug-likeness (QED) is 0.861. The normalized spacial score (nSPS) is 12.6. The molecule has 19 heavy (non-hydrogen) atoms. The van der Waals surface area contributed by atoms with Gasteiger partial charge in [0.2, 0.25) is 0 Å². The van der Waals surface area contributed by atoms with Crippen LogP contribution < -0.4 is 5.32 Å². The number of aromatic nitrogens is 2. The van der Waals surface area contributed by atoms with Gasteiger partial charge in [0.05, 0.1) is 11.4 Å². The zero-order valence-electron chi connectivity index (χ0n) is 12.1. The Morgan fingerprint density at radius 1 is 1.26 bits per heavy atom. The summed E-state index contributed by atoms with van der Waals surface area (Å²) in [7, 11) is 2.03. The first kappa shape index (κ1) is 13.8. The summed E-state index contributed by atoms with van der Waals surface area (Å²) in [4.78, 5) is 0. The second kappa shape index (κ2) is 6.53. The lowest BCUT2D eigenvalue weighted by molar-refractivity contribution is 0.488. The predicted molar refractivity (Wildman–Crippen MR) is 79.2 cm³/mol. The molecule has 0 spiro atoms. The topological polar surface area (TPSA) is 29.9 Å². The van der Waals surface area contributed by atoms with E-state index in [2.05, 4.69) is 65.3 Å². The monoisotopic (exact) mass is 257 g/mol. The van der Waals surface area contributed by atoms with Crippen LogP contribution in [0.15, 0.2) is 36.4 Å². The maximum Gasteiger partial charge on any atom is 0.0597 e. The summed E-state index contributed by atoms with van der Waals surface area (Å²) >= 11 is 0. The van der Waals surface area contributed by atoms with E-state index in [4.69, 9.17) is 0 Å². The van der Waals surface area contributed by atoms with Gasteiger partial charge in [-0.1, -0.05) is 30.3 Å². The molecule has 0 saturated carbocycles. The van der Waals surface area contributed by atoms with Crippen LogP contribution in [0.5, 0.6) is 0 Å². The fraction of sp³-hybridized carbons (Fsp3) is 0.438. The highest BCUT2D eigenvalue weighted by molar-refractivity contribution is 5.17. The molecule has 102 valence electrons. The second-order valence-electron chi connectivity index (χ2n) is 4.89. The Kier molecular flexibility index (Phi) is 4.74.